The highest BCUT2D eigenvalue weighted by Gasteiger charge is 2.17. The van der Waals surface area contributed by atoms with E-state index in [2.05, 4.69) is 4.98 Å². The summed E-state index contributed by atoms with van der Waals surface area (Å²) in [5.74, 6) is 0.0349. The average molecular weight is 313 g/mol. The molecule has 0 unspecified atom stereocenters. The van der Waals surface area contributed by atoms with Crippen molar-refractivity contribution >= 4 is 28.4 Å². The van der Waals surface area contributed by atoms with E-state index in [4.69, 9.17) is 11.6 Å². The van der Waals surface area contributed by atoms with Crippen LogP contribution in [0, 0.1) is 0 Å². The van der Waals surface area contributed by atoms with E-state index in [1.807, 2.05) is 66.6 Å². The number of aromatic nitrogens is 1. The van der Waals surface area contributed by atoms with Crippen LogP contribution in [0.1, 0.15) is 22.8 Å². The van der Waals surface area contributed by atoms with Crippen LogP contribution in [0.2, 0.25) is 5.02 Å². The van der Waals surface area contributed by atoms with Gasteiger partial charge in [-0.1, -0.05) is 29.8 Å². The molecule has 112 valence electrons. The normalized spacial score (nSPS) is 10.8. The minimum absolute atomic E-state index is 0.0349. The minimum Gasteiger partial charge on any atom is -0.361 e. The zero-order valence-electron chi connectivity index (χ0n) is 12.3. The second-order valence-corrected chi connectivity index (χ2v) is 5.63. The maximum absolute atomic E-state index is 12.9. The zero-order valence-corrected chi connectivity index (χ0v) is 13.1. The van der Waals surface area contributed by atoms with E-state index in [0.29, 0.717) is 18.1 Å². The first-order chi connectivity index (χ1) is 10.7. The number of halogens is 1. The van der Waals surface area contributed by atoms with Gasteiger partial charge in [-0.05, 0) is 42.8 Å². The lowest BCUT2D eigenvalue weighted by molar-refractivity contribution is 0.0754. The molecule has 0 aliphatic rings. The number of aromatic amines is 1. The Hall–Kier alpha value is -2.26. The number of carbonyl (C=O) groups excluding carboxylic acids is 1. The molecule has 0 saturated carbocycles. The first-order valence-corrected chi connectivity index (χ1v) is 7.66. The van der Waals surface area contributed by atoms with E-state index >= 15 is 0 Å². The molecule has 0 spiro atoms. The highest BCUT2D eigenvalue weighted by Crippen LogP contribution is 2.20. The summed E-state index contributed by atoms with van der Waals surface area (Å²) in [6.07, 6.45) is 1.86. The molecular weight excluding hydrogens is 296 g/mol. The van der Waals surface area contributed by atoms with Gasteiger partial charge in [0.25, 0.3) is 5.91 Å². The summed E-state index contributed by atoms with van der Waals surface area (Å²) in [7, 11) is 0. The Morgan fingerprint density at radius 3 is 2.77 bits per heavy atom. The molecule has 0 aliphatic heterocycles. The van der Waals surface area contributed by atoms with E-state index in [-0.39, 0.29) is 5.91 Å². The van der Waals surface area contributed by atoms with Crippen molar-refractivity contribution in [2.75, 3.05) is 6.54 Å². The third-order valence-electron chi connectivity index (χ3n) is 3.76. The maximum Gasteiger partial charge on any atom is 0.254 e. The van der Waals surface area contributed by atoms with Gasteiger partial charge in [0.15, 0.2) is 0 Å². The molecule has 3 aromatic rings. The Morgan fingerprint density at radius 1 is 1.18 bits per heavy atom. The van der Waals surface area contributed by atoms with E-state index in [9.17, 15) is 4.79 Å². The Balaban J connectivity index is 1.90. The van der Waals surface area contributed by atoms with E-state index < -0.39 is 0 Å². The van der Waals surface area contributed by atoms with E-state index in [1.165, 1.54) is 0 Å². The Morgan fingerprint density at radius 2 is 2.00 bits per heavy atom. The second kappa shape index (κ2) is 6.24. The first kappa shape index (κ1) is 14.7. The van der Waals surface area contributed by atoms with Crippen LogP contribution in [0.3, 0.4) is 0 Å². The average Bonchev–Trinajstić information content (AvgIpc) is 3.00. The topological polar surface area (TPSA) is 36.1 Å². The molecule has 1 amide bonds. The van der Waals surface area contributed by atoms with Crippen LogP contribution in [-0.4, -0.2) is 22.3 Å². The first-order valence-electron chi connectivity index (χ1n) is 7.29. The third-order valence-corrected chi connectivity index (χ3v) is 3.99. The van der Waals surface area contributed by atoms with Gasteiger partial charge in [-0.25, -0.2) is 0 Å². The molecule has 0 aliphatic carbocycles. The lowest BCUT2D eigenvalue weighted by atomic mass is 10.1. The van der Waals surface area contributed by atoms with Crippen molar-refractivity contribution < 1.29 is 4.79 Å². The van der Waals surface area contributed by atoms with Crippen LogP contribution < -0.4 is 0 Å². The molecule has 0 saturated heterocycles. The van der Waals surface area contributed by atoms with Crippen LogP contribution in [0.25, 0.3) is 10.9 Å². The fraction of sp³-hybridized carbons (Fsp3) is 0.167. The molecule has 3 rings (SSSR count). The van der Waals surface area contributed by atoms with Crippen molar-refractivity contribution in [1.82, 2.24) is 9.88 Å². The summed E-state index contributed by atoms with van der Waals surface area (Å²) >= 11 is 6.02. The predicted octanol–water partition coefficient (Wildman–Crippen LogP) is 4.48. The van der Waals surface area contributed by atoms with Crippen molar-refractivity contribution in [1.29, 1.82) is 0 Å². The molecule has 1 aromatic heterocycles. The monoisotopic (exact) mass is 312 g/mol. The molecule has 1 N–H and O–H groups in total. The van der Waals surface area contributed by atoms with Gasteiger partial charge in [-0.3, -0.25) is 4.79 Å². The molecular formula is C18H17ClN2O. The lowest BCUT2D eigenvalue weighted by Crippen LogP contribution is -2.30. The van der Waals surface area contributed by atoms with Crippen LogP contribution in [0.5, 0.6) is 0 Å². The fourth-order valence-corrected chi connectivity index (χ4v) is 2.84. The van der Waals surface area contributed by atoms with Crippen LogP contribution >= 0.6 is 11.6 Å². The number of nitrogens with one attached hydrogen (secondary N) is 1. The van der Waals surface area contributed by atoms with Gasteiger partial charge in [-0.15, -0.1) is 0 Å². The number of amides is 1. The van der Waals surface area contributed by atoms with Crippen molar-refractivity contribution in [2.24, 2.45) is 0 Å². The largest absolute Gasteiger partial charge is 0.361 e. The molecule has 0 bridgehead atoms. The summed E-state index contributed by atoms with van der Waals surface area (Å²) < 4.78 is 0. The highest BCUT2D eigenvalue weighted by molar-refractivity contribution is 6.30. The second-order valence-electron chi connectivity index (χ2n) is 5.19. The Bertz CT molecular complexity index is 809. The summed E-state index contributed by atoms with van der Waals surface area (Å²) in [5.41, 5.74) is 2.73. The van der Waals surface area contributed by atoms with Crippen molar-refractivity contribution in [3.05, 3.63) is 70.9 Å². The molecule has 4 heteroatoms. The van der Waals surface area contributed by atoms with Crippen LogP contribution in [0.15, 0.2) is 54.7 Å². The van der Waals surface area contributed by atoms with Crippen molar-refractivity contribution in [3.63, 3.8) is 0 Å². The third kappa shape index (κ3) is 2.85. The minimum atomic E-state index is 0.0349. The summed E-state index contributed by atoms with van der Waals surface area (Å²) in [4.78, 5) is 17.8. The van der Waals surface area contributed by atoms with Crippen molar-refractivity contribution in [2.45, 2.75) is 13.5 Å². The molecule has 0 fully saturated rings. The van der Waals surface area contributed by atoms with Crippen LogP contribution in [-0.2, 0) is 6.54 Å². The number of hydrogen-bond acceptors (Lipinski definition) is 1. The summed E-state index contributed by atoms with van der Waals surface area (Å²) in [6.45, 7) is 3.18. The number of H-pyrrole nitrogens is 1. The number of benzene rings is 2. The van der Waals surface area contributed by atoms with Gasteiger partial charge < -0.3 is 9.88 Å². The van der Waals surface area contributed by atoms with Gasteiger partial charge in [0.05, 0.1) is 0 Å². The van der Waals surface area contributed by atoms with E-state index in [0.717, 1.165) is 22.0 Å². The molecule has 3 nitrogen and oxygen atoms in total. The van der Waals surface area contributed by atoms with Crippen LogP contribution in [0.4, 0.5) is 0 Å². The van der Waals surface area contributed by atoms with E-state index in [1.54, 1.807) is 0 Å². The van der Waals surface area contributed by atoms with Gasteiger partial charge in [0.2, 0.25) is 0 Å². The fourth-order valence-electron chi connectivity index (χ4n) is 2.63. The lowest BCUT2D eigenvalue weighted by Gasteiger charge is -2.21. The standard InChI is InChI=1S/C18H17ClN2O/c1-2-21(12-13-5-3-6-14(19)11-13)18(22)16-7-4-8-17-15(16)9-10-20-17/h3-11,20H,2,12H2,1H3. The molecule has 1 heterocycles. The molecule has 0 radical (unpaired) electrons. The summed E-state index contributed by atoms with van der Waals surface area (Å²) in [6, 6.07) is 15.3. The Kier molecular flexibility index (Phi) is 4.16. The zero-order chi connectivity index (χ0) is 15.5. The number of nitrogens with zero attached hydrogens (tertiary/aromatic N) is 1. The highest BCUT2D eigenvalue weighted by atomic mass is 35.5. The van der Waals surface area contributed by atoms with Gasteiger partial charge in [0, 0.05) is 40.8 Å². The number of hydrogen-bond donors (Lipinski definition) is 1. The van der Waals surface area contributed by atoms with Gasteiger partial charge >= 0.3 is 0 Å². The van der Waals surface area contributed by atoms with Gasteiger partial charge in [-0.2, -0.15) is 0 Å². The summed E-state index contributed by atoms with van der Waals surface area (Å²) in [5, 5.41) is 1.64. The SMILES string of the molecule is CCN(Cc1cccc(Cl)c1)C(=O)c1cccc2[nH]ccc12. The molecule has 22 heavy (non-hydrogen) atoms. The quantitative estimate of drug-likeness (QED) is 0.757. The number of carbonyl (C=O) groups is 1. The predicted molar refractivity (Wildman–Crippen MR) is 90.2 cm³/mol. The Labute approximate surface area is 134 Å². The number of fused-ring (bicyclic) bond motifs is 1. The maximum atomic E-state index is 12.9. The van der Waals surface area contributed by atoms with Gasteiger partial charge in [0.1, 0.15) is 0 Å². The molecule has 0 atom stereocenters. The molecule has 2 aromatic carbocycles. The van der Waals surface area contributed by atoms with Crippen molar-refractivity contribution in [3.8, 4) is 0 Å². The smallest absolute Gasteiger partial charge is 0.254 e. The number of rotatable bonds is 4.